The number of nitrogen functional groups attached to an aromatic ring is 1. The highest BCUT2D eigenvalue weighted by Gasteiger charge is 2.14. The Morgan fingerprint density at radius 1 is 1.39 bits per heavy atom. The lowest BCUT2D eigenvalue weighted by Gasteiger charge is -2.09. The number of hydrogen-bond acceptors (Lipinski definition) is 2. The molecule has 96 valence electrons. The Hall–Kier alpha value is -1.77. The number of nitrogens with zero attached hydrogens (tertiary/aromatic N) is 1. The smallest absolute Gasteiger partial charge is 0.153 e. The summed E-state index contributed by atoms with van der Waals surface area (Å²) in [6.07, 6.45) is 2.15. The van der Waals surface area contributed by atoms with Crippen molar-refractivity contribution in [3.8, 4) is 11.1 Å². The summed E-state index contributed by atoms with van der Waals surface area (Å²) in [7, 11) is 0. The van der Waals surface area contributed by atoms with E-state index in [0.29, 0.717) is 11.7 Å². The molecule has 3 nitrogen and oxygen atoms in total. The van der Waals surface area contributed by atoms with Gasteiger partial charge in [-0.1, -0.05) is 50.1 Å². The summed E-state index contributed by atoms with van der Waals surface area (Å²) < 4.78 is 0. The zero-order valence-corrected chi connectivity index (χ0v) is 11.3. The van der Waals surface area contributed by atoms with Gasteiger partial charge >= 0.3 is 0 Å². The van der Waals surface area contributed by atoms with Gasteiger partial charge in [-0.25, -0.2) is 0 Å². The molecule has 0 aliphatic rings. The van der Waals surface area contributed by atoms with Crippen LogP contribution in [-0.4, -0.2) is 10.2 Å². The van der Waals surface area contributed by atoms with E-state index in [1.165, 1.54) is 5.56 Å². The summed E-state index contributed by atoms with van der Waals surface area (Å²) in [6, 6.07) is 8.40. The van der Waals surface area contributed by atoms with Crippen molar-refractivity contribution in [2.24, 2.45) is 5.92 Å². The first-order valence-electron chi connectivity index (χ1n) is 6.51. The number of nitrogens with one attached hydrogen (secondary N) is 1. The van der Waals surface area contributed by atoms with Crippen LogP contribution in [0.2, 0.25) is 0 Å². The average Bonchev–Trinajstić information content (AvgIpc) is 2.70. The van der Waals surface area contributed by atoms with Gasteiger partial charge in [-0.3, -0.25) is 5.10 Å². The molecule has 1 aromatic heterocycles. The molecule has 0 fully saturated rings. The van der Waals surface area contributed by atoms with Gasteiger partial charge in [0, 0.05) is 11.3 Å². The first-order valence-corrected chi connectivity index (χ1v) is 6.51. The number of nitrogens with two attached hydrogens (primary N) is 1. The SMILES string of the molecule is CCC(C)Cc1[nH]nc(N)c1-c1cccc(C)c1. The maximum Gasteiger partial charge on any atom is 0.153 e. The molecule has 0 aliphatic heterocycles. The molecule has 1 unspecified atom stereocenters. The molecule has 3 heteroatoms. The molecular formula is C15H21N3. The van der Waals surface area contributed by atoms with Gasteiger partial charge in [0.2, 0.25) is 0 Å². The molecule has 0 saturated carbocycles. The number of aromatic nitrogens is 2. The minimum absolute atomic E-state index is 0.596. The summed E-state index contributed by atoms with van der Waals surface area (Å²) in [5.41, 5.74) is 10.6. The Labute approximate surface area is 108 Å². The third-order valence-electron chi connectivity index (χ3n) is 3.43. The van der Waals surface area contributed by atoms with Crippen LogP contribution < -0.4 is 5.73 Å². The molecule has 0 bridgehead atoms. The Balaban J connectivity index is 2.40. The van der Waals surface area contributed by atoms with Crippen LogP contribution in [0.5, 0.6) is 0 Å². The molecular weight excluding hydrogens is 222 g/mol. The van der Waals surface area contributed by atoms with Crippen LogP contribution in [-0.2, 0) is 6.42 Å². The van der Waals surface area contributed by atoms with Crippen molar-refractivity contribution < 1.29 is 0 Å². The number of aromatic amines is 1. The molecule has 2 aromatic rings. The highest BCUT2D eigenvalue weighted by atomic mass is 15.2. The van der Waals surface area contributed by atoms with Crippen molar-refractivity contribution >= 4 is 5.82 Å². The first kappa shape index (κ1) is 12.7. The van der Waals surface area contributed by atoms with Crippen molar-refractivity contribution in [1.29, 1.82) is 0 Å². The molecule has 1 aromatic carbocycles. The molecule has 0 spiro atoms. The van der Waals surface area contributed by atoms with Gasteiger partial charge in [-0.05, 0) is 24.8 Å². The second kappa shape index (κ2) is 5.25. The maximum absolute atomic E-state index is 6.00. The third-order valence-corrected chi connectivity index (χ3v) is 3.43. The fourth-order valence-electron chi connectivity index (χ4n) is 2.16. The zero-order valence-electron chi connectivity index (χ0n) is 11.3. The summed E-state index contributed by atoms with van der Waals surface area (Å²) in [4.78, 5) is 0. The third kappa shape index (κ3) is 2.55. The van der Waals surface area contributed by atoms with E-state index in [-0.39, 0.29) is 0 Å². The highest BCUT2D eigenvalue weighted by Crippen LogP contribution is 2.30. The molecule has 3 N–H and O–H groups in total. The van der Waals surface area contributed by atoms with E-state index in [9.17, 15) is 0 Å². The van der Waals surface area contributed by atoms with Crippen molar-refractivity contribution in [1.82, 2.24) is 10.2 Å². The topological polar surface area (TPSA) is 54.7 Å². The molecule has 1 atom stereocenters. The van der Waals surface area contributed by atoms with Gasteiger partial charge in [0.1, 0.15) is 0 Å². The molecule has 0 saturated heterocycles. The second-order valence-electron chi connectivity index (χ2n) is 5.05. The highest BCUT2D eigenvalue weighted by molar-refractivity contribution is 5.76. The van der Waals surface area contributed by atoms with E-state index in [4.69, 9.17) is 5.73 Å². The lowest BCUT2D eigenvalue weighted by Crippen LogP contribution is -2.00. The van der Waals surface area contributed by atoms with E-state index in [1.54, 1.807) is 0 Å². The number of aryl methyl sites for hydroxylation is 1. The van der Waals surface area contributed by atoms with Crippen LogP contribution in [0.15, 0.2) is 24.3 Å². The number of hydrogen-bond donors (Lipinski definition) is 2. The van der Waals surface area contributed by atoms with Crippen molar-refractivity contribution in [3.05, 3.63) is 35.5 Å². The minimum Gasteiger partial charge on any atom is -0.382 e. The summed E-state index contributed by atoms with van der Waals surface area (Å²) >= 11 is 0. The minimum atomic E-state index is 0.596. The van der Waals surface area contributed by atoms with E-state index < -0.39 is 0 Å². The fraction of sp³-hybridized carbons (Fsp3) is 0.400. The number of anilines is 1. The van der Waals surface area contributed by atoms with E-state index in [1.807, 2.05) is 0 Å². The predicted octanol–water partition coefficient (Wildman–Crippen LogP) is 3.56. The molecule has 0 aliphatic carbocycles. The summed E-state index contributed by atoms with van der Waals surface area (Å²) in [5.74, 6) is 1.23. The standard InChI is InChI=1S/C15H21N3/c1-4-10(2)9-13-14(15(16)18-17-13)12-7-5-6-11(3)8-12/h5-8,10H,4,9H2,1-3H3,(H3,16,17,18). The van der Waals surface area contributed by atoms with Gasteiger partial charge in [0.05, 0.1) is 0 Å². The second-order valence-corrected chi connectivity index (χ2v) is 5.05. The largest absolute Gasteiger partial charge is 0.382 e. The number of benzene rings is 1. The van der Waals surface area contributed by atoms with E-state index in [2.05, 4.69) is 55.2 Å². The molecule has 18 heavy (non-hydrogen) atoms. The van der Waals surface area contributed by atoms with Crippen LogP contribution in [0.1, 0.15) is 31.5 Å². The Bertz CT molecular complexity index is 528. The zero-order chi connectivity index (χ0) is 13.1. The van der Waals surface area contributed by atoms with Crippen LogP contribution >= 0.6 is 0 Å². The first-order chi connectivity index (χ1) is 8.61. The normalized spacial score (nSPS) is 12.6. The summed E-state index contributed by atoms with van der Waals surface area (Å²) in [5, 5.41) is 7.24. The van der Waals surface area contributed by atoms with Gasteiger partial charge in [0.15, 0.2) is 5.82 Å². The van der Waals surface area contributed by atoms with Crippen LogP contribution in [0.4, 0.5) is 5.82 Å². The lowest BCUT2D eigenvalue weighted by atomic mass is 9.96. The fourth-order valence-corrected chi connectivity index (χ4v) is 2.16. The van der Waals surface area contributed by atoms with Gasteiger partial charge in [-0.2, -0.15) is 5.10 Å². The molecule has 1 heterocycles. The predicted molar refractivity (Wildman–Crippen MR) is 76.3 cm³/mol. The maximum atomic E-state index is 6.00. The Morgan fingerprint density at radius 2 is 2.17 bits per heavy atom. The number of H-pyrrole nitrogens is 1. The monoisotopic (exact) mass is 243 g/mol. The van der Waals surface area contributed by atoms with Gasteiger partial charge < -0.3 is 5.73 Å². The van der Waals surface area contributed by atoms with Crippen molar-refractivity contribution in [3.63, 3.8) is 0 Å². The van der Waals surface area contributed by atoms with Crippen LogP contribution in [0.25, 0.3) is 11.1 Å². The van der Waals surface area contributed by atoms with E-state index in [0.717, 1.165) is 29.7 Å². The molecule has 2 rings (SSSR count). The quantitative estimate of drug-likeness (QED) is 0.862. The van der Waals surface area contributed by atoms with Gasteiger partial charge in [0.25, 0.3) is 0 Å². The van der Waals surface area contributed by atoms with Crippen molar-refractivity contribution in [2.45, 2.75) is 33.6 Å². The lowest BCUT2D eigenvalue weighted by molar-refractivity contribution is 0.552. The van der Waals surface area contributed by atoms with Crippen LogP contribution in [0.3, 0.4) is 0 Å². The number of rotatable bonds is 4. The Morgan fingerprint density at radius 3 is 2.83 bits per heavy atom. The average molecular weight is 243 g/mol. The molecule has 0 radical (unpaired) electrons. The molecule has 0 amide bonds. The van der Waals surface area contributed by atoms with Crippen molar-refractivity contribution in [2.75, 3.05) is 5.73 Å². The van der Waals surface area contributed by atoms with E-state index >= 15 is 0 Å². The Kier molecular flexibility index (Phi) is 3.70. The van der Waals surface area contributed by atoms with Gasteiger partial charge in [-0.15, -0.1) is 0 Å². The summed E-state index contributed by atoms with van der Waals surface area (Å²) in [6.45, 7) is 6.54. The van der Waals surface area contributed by atoms with Crippen LogP contribution in [0, 0.1) is 12.8 Å².